The van der Waals surface area contributed by atoms with Crippen LogP contribution in [0.2, 0.25) is 0 Å². The molecule has 0 aromatic heterocycles. The van der Waals surface area contributed by atoms with Gasteiger partial charge in [0.25, 0.3) is 0 Å². The predicted octanol–water partition coefficient (Wildman–Crippen LogP) is 2.81. The van der Waals surface area contributed by atoms with Gasteiger partial charge in [0, 0.05) is 25.2 Å². The molecule has 0 radical (unpaired) electrons. The Bertz CT molecular complexity index is 543. The number of benzene rings is 1. The van der Waals surface area contributed by atoms with Crippen LogP contribution in [0.3, 0.4) is 0 Å². The normalized spacial score (nSPS) is 26.8. The molecule has 3 rings (SSSR count). The second kappa shape index (κ2) is 8.68. The molecule has 5 heteroatoms. The van der Waals surface area contributed by atoms with Gasteiger partial charge in [-0.2, -0.15) is 0 Å². The Morgan fingerprint density at radius 2 is 1.80 bits per heavy atom. The van der Waals surface area contributed by atoms with Gasteiger partial charge in [0.1, 0.15) is 0 Å². The fourth-order valence-electron chi connectivity index (χ4n) is 4.14. The van der Waals surface area contributed by atoms with Gasteiger partial charge >= 0.3 is 6.03 Å². The molecule has 2 amide bonds. The van der Waals surface area contributed by atoms with Crippen molar-refractivity contribution in [1.82, 2.24) is 15.5 Å². The first-order valence-corrected chi connectivity index (χ1v) is 9.67. The SMILES string of the molecule is CC(NC(=O)NC1CCN(C2CCCCC2O)CC1)c1ccccc1. The number of hydrogen-bond donors (Lipinski definition) is 3. The number of urea groups is 1. The van der Waals surface area contributed by atoms with Crippen LogP contribution in [0.15, 0.2) is 30.3 Å². The minimum absolute atomic E-state index is 0.00123. The molecule has 1 saturated heterocycles. The molecule has 1 aliphatic heterocycles. The first kappa shape index (κ1) is 18.2. The summed E-state index contributed by atoms with van der Waals surface area (Å²) in [5, 5.41) is 16.4. The van der Waals surface area contributed by atoms with Crippen molar-refractivity contribution in [2.24, 2.45) is 0 Å². The van der Waals surface area contributed by atoms with E-state index in [1.54, 1.807) is 0 Å². The fraction of sp³-hybridized carbons (Fsp3) is 0.650. The van der Waals surface area contributed by atoms with E-state index in [1.165, 1.54) is 6.42 Å². The standard InChI is InChI=1S/C20H31N3O2/c1-15(16-7-3-2-4-8-16)21-20(25)22-17-11-13-23(14-12-17)18-9-5-6-10-19(18)24/h2-4,7-8,15,17-19,24H,5-6,9-14H2,1H3,(H2,21,22,25). The van der Waals surface area contributed by atoms with Gasteiger partial charge in [-0.15, -0.1) is 0 Å². The first-order valence-electron chi connectivity index (χ1n) is 9.67. The molecule has 0 spiro atoms. The second-order valence-corrected chi connectivity index (χ2v) is 7.48. The van der Waals surface area contributed by atoms with Gasteiger partial charge < -0.3 is 15.7 Å². The molecule has 25 heavy (non-hydrogen) atoms. The van der Waals surface area contributed by atoms with Crippen LogP contribution in [0.4, 0.5) is 4.79 Å². The zero-order valence-electron chi connectivity index (χ0n) is 15.2. The average Bonchev–Trinajstić information content (AvgIpc) is 2.63. The Labute approximate surface area is 150 Å². The smallest absolute Gasteiger partial charge is 0.315 e. The summed E-state index contributed by atoms with van der Waals surface area (Å²) in [6.45, 7) is 3.92. The molecule has 1 heterocycles. The van der Waals surface area contributed by atoms with Gasteiger partial charge in [-0.3, -0.25) is 4.90 Å². The molecule has 2 aliphatic rings. The molecule has 1 aromatic carbocycles. The Morgan fingerprint density at radius 1 is 1.12 bits per heavy atom. The highest BCUT2D eigenvalue weighted by Crippen LogP contribution is 2.25. The lowest BCUT2D eigenvalue weighted by Crippen LogP contribution is -2.53. The zero-order chi connectivity index (χ0) is 17.6. The number of carbonyl (C=O) groups excluding carboxylic acids is 1. The number of amides is 2. The quantitative estimate of drug-likeness (QED) is 0.786. The Balaban J connectivity index is 1.42. The van der Waals surface area contributed by atoms with Crippen LogP contribution >= 0.6 is 0 Å². The molecule has 5 nitrogen and oxygen atoms in total. The summed E-state index contributed by atoms with van der Waals surface area (Å²) >= 11 is 0. The molecule has 3 unspecified atom stereocenters. The summed E-state index contributed by atoms with van der Waals surface area (Å²) in [6, 6.07) is 10.5. The number of piperidine rings is 1. The number of nitrogens with one attached hydrogen (secondary N) is 2. The van der Waals surface area contributed by atoms with Crippen molar-refractivity contribution >= 4 is 6.03 Å². The lowest BCUT2D eigenvalue weighted by Gasteiger charge is -2.41. The number of nitrogens with zero attached hydrogens (tertiary/aromatic N) is 1. The van der Waals surface area contributed by atoms with Gasteiger partial charge in [0.05, 0.1) is 12.1 Å². The maximum Gasteiger partial charge on any atom is 0.315 e. The van der Waals surface area contributed by atoms with E-state index in [4.69, 9.17) is 0 Å². The lowest BCUT2D eigenvalue weighted by atomic mass is 9.89. The molecular weight excluding hydrogens is 314 g/mol. The summed E-state index contributed by atoms with van der Waals surface area (Å²) in [5.41, 5.74) is 1.11. The van der Waals surface area contributed by atoms with Gasteiger partial charge in [-0.05, 0) is 38.2 Å². The Kier molecular flexibility index (Phi) is 6.32. The predicted molar refractivity (Wildman–Crippen MR) is 99.4 cm³/mol. The maximum atomic E-state index is 12.3. The number of likely N-dealkylation sites (tertiary alicyclic amines) is 1. The highest BCUT2D eigenvalue weighted by molar-refractivity contribution is 5.74. The monoisotopic (exact) mass is 345 g/mol. The third kappa shape index (κ3) is 4.95. The van der Waals surface area contributed by atoms with E-state index in [9.17, 15) is 9.90 Å². The van der Waals surface area contributed by atoms with Gasteiger partial charge in [-0.25, -0.2) is 4.79 Å². The fourth-order valence-corrected chi connectivity index (χ4v) is 4.14. The summed E-state index contributed by atoms with van der Waals surface area (Å²) in [4.78, 5) is 14.7. The average molecular weight is 345 g/mol. The van der Waals surface area contributed by atoms with Crippen molar-refractivity contribution < 1.29 is 9.90 Å². The second-order valence-electron chi connectivity index (χ2n) is 7.48. The van der Waals surface area contributed by atoms with Crippen molar-refractivity contribution in [2.45, 2.75) is 69.7 Å². The van der Waals surface area contributed by atoms with E-state index < -0.39 is 0 Å². The van der Waals surface area contributed by atoms with Crippen LogP contribution < -0.4 is 10.6 Å². The van der Waals surface area contributed by atoms with E-state index in [1.807, 2.05) is 37.3 Å². The number of aliphatic hydroxyl groups is 1. The van der Waals surface area contributed by atoms with Gasteiger partial charge in [-0.1, -0.05) is 43.2 Å². The minimum Gasteiger partial charge on any atom is -0.391 e. The summed E-state index contributed by atoms with van der Waals surface area (Å²) < 4.78 is 0. The summed E-state index contributed by atoms with van der Waals surface area (Å²) in [7, 11) is 0. The highest BCUT2D eigenvalue weighted by Gasteiger charge is 2.31. The van der Waals surface area contributed by atoms with Gasteiger partial charge in [0.15, 0.2) is 0 Å². The molecule has 1 aliphatic carbocycles. The molecular formula is C20H31N3O2. The maximum absolute atomic E-state index is 12.3. The van der Waals surface area contributed by atoms with E-state index >= 15 is 0 Å². The third-order valence-electron chi connectivity index (χ3n) is 5.67. The topological polar surface area (TPSA) is 64.6 Å². The van der Waals surface area contributed by atoms with Crippen LogP contribution in [-0.2, 0) is 0 Å². The largest absolute Gasteiger partial charge is 0.391 e. The van der Waals surface area contributed by atoms with Crippen molar-refractivity contribution in [3.8, 4) is 0 Å². The molecule has 3 N–H and O–H groups in total. The molecule has 138 valence electrons. The van der Waals surface area contributed by atoms with Gasteiger partial charge in [0.2, 0.25) is 0 Å². The third-order valence-corrected chi connectivity index (χ3v) is 5.67. The highest BCUT2D eigenvalue weighted by atomic mass is 16.3. The lowest BCUT2D eigenvalue weighted by molar-refractivity contribution is 0.00775. The van der Waals surface area contributed by atoms with E-state index in [0.717, 1.165) is 50.8 Å². The molecule has 0 bridgehead atoms. The van der Waals surface area contributed by atoms with Crippen LogP contribution in [0.5, 0.6) is 0 Å². The number of carbonyl (C=O) groups is 1. The summed E-state index contributed by atoms with van der Waals surface area (Å²) in [5.74, 6) is 0. The molecule has 3 atom stereocenters. The van der Waals surface area contributed by atoms with Crippen molar-refractivity contribution in [3.63, 3.8) is 0 Å². The van der Waals surface area contributed by atoms with Crippen molar-refractivity contribution in [1.29, 1.82) is 0 Å². The van der Waals surface area contributed by atoms with E-state index in [2.05, 4.69) is 15.5 Å². The minimum atomic E-state index is -0.173. The Morgan fingerprint density at radius 3 is 2.48 bits per heavy atom. The van der Waals surface area contributed by atoms with Crippen LogP contribution in [0.1, 0.15) is 57.1 Å². The van der Waals surface area contributed by atoms with Crippen LogP contribution in [0.25, 0.3) is 0 Å². The first-order chi connectivity index (χ1) is 12.1. The molecule has 1 saturated carbocycles. The van der Waals surface area contributed by atoms with Crippen LogP contribution in [-0.4, -0.2) is 47.3 Å². The number of hydrogen-bond acceptors (Lipinski definition) is 3. The molecule has 2 fully saturated rings. The van der Waals surface area contributed by atoms with Crippen molar-refractivity contribution in [2.75, 3.05) is 13.1 Å². The van der Waals surface area contributed by atoms with Crippen LogP contribution in [0, 0.1) is 0 Å². The van der Waals surface area contributed by atoms with Crippen molar-refractivity contribution in [3.05, 3.63) is 35.9 Å². The molecule has 1 aromatic rings. The number of rotatable bonds is 4. The zero-order valence-corrected chi connectivity index (χ0v) is 15.2. The van der Waals surface area contributed by atoms with E-state index in [0.29, 0.717) is 6.04 Å². The summed E-state index contributed by atoms with van der Waals surface area (Å²) in [6.07, 6.45) is 6.15. The Hall–Kier alpha value is -1.59. The number of aliphatic hydroxyl groups excluding tert-OH is 1. The van der Waals surface area contributed by atoms with E-state index in [-0.39, 0.29) is 24.2 Å².